The van der Waals surface area contributed by atoms with E-state index in [9.17, 15) is 4.79 Å². The molecule has 2 aromatic heterocycles. The van der Waals surface area contributed by atoms with Crippen molar-refractivity contribution in [1.29, 1.82) is 0 Å². The van der Waals surface area contributed by atoms with E-state index in [1.54, 1.807) is 17.3 Å². The molecule has 0 bridgehead atoms. The molecule has 0 spiro atoms. The second-order valence-electron chi connectivity index (χ2n) is 8.00. The molecule has 0 fully saturated rings. The number of rotatable bonds is 4. The second-order valence-corrected chi connectivity index (χ2v) is 9.45. The summed E-state index contributed by atoms with van der Waals surface area (Å²) < 4.78 is 0.984. The minimum atomic E-state index is -0.0343. The Bertz CT molecular complexity index is 1270. The van der Waals surface area contributed by atoms with E-state index < -0.39 is 0 Å². The van der Waals surface area contributed by atoms with E-state index in [-0.39, 0.29) is 5.91 Å². The molecule has 1 aliphatic carbocycles. The zero-order valence-electron chi connectivity index (χ0n) is 17.3. The number of aryl methyl sites for hydroxylation is 3. The Morgan fingerprint density at radius 1 is 1.06 bits per heavy atom. The van der Waals surface area contributed by atoms with Crippen molar-refractivity contribution in [1.82, 2.24) is 9.97 Å². The molecule has 4 aromatic rings. The number of thiazole rings is 1. The molecule has 0 saturated carbocycles. The average molecular weight is 448 g/mol. The summed E-state index contributed by atoms with van der Waals surface area (Å²) in [5.41, 5.74) is 6.29. The number of carbonyl (C=O) groups excluding carboxylic acids is 1. The third-order valence-electron chi connectivity index (χ3n) is 5.80. The Morgan fingerprint density at radius 2 is 1.84 bits per heavy atom. The molecule has 156 valence electrons. The third-order valence-corrected chi connectivity index (χ3v) is 7.04. The molecule has 1 amide bonds. The number of halogens is 1. The van der Waals surface area contributed by atoms with E-state index >= 15 is 0 Å². The normalized spacial score (nSPS) is 13.2. The molecule has 5 rings (SSSR count). The van der Waals surface area contributed by atoms with Crippen molar-refractivity contribution in [2.45, 2.75) is 39.2 Å². The lowest BCUT2D eigenvalue weighted by molar-refractivity contribution is 0.0985. The maximum atomic E-state index is 13.7. The molecule has 2 heterocycles. The Hall–Kier alpha value is -2.76. The van der Waals surface area contributed by atoms with Gasteiger partial charge in [0.25, 0.3) is 5.91 Å². The summed E-state index contributed by atoms with van der Waals surface area (Å²) in [6.45, 7) is 2.43. The monoisotopic (exact) mass is 447 g/mol. The maximum absolute atomic E-state index is 13.7. The van der Waals surface area contributed by atoms with Gasteiger partial charge >= 0.3 is 0 Å². The van der Waals surface area contributed by atoms with Crippen LogP contribution in [0.3, 0.4) is 0 Å². The van der Waals surface area contributed by atoms with Gasteiger partial charge in [0.05, 0.1) is 16.8 Å². The second kappa shape index (κ2) is 8.40. The van der Waals surface area contributed by atoms with Gasteiger partial charge in [0.2, 0.25) is 0 Å². The third kappa shape index (κ3) is 4.08. The van der Waals surface area contributed by atoms with E-state index in [1.165, 1.54) is 35.3 Å². The molecule has 31 heavy (non-hydrogen) atoms. The van der Waals surface area contributed by atoms with Crippen LogP contribution in [0.5, 0.6) is 0 Å². The fraction of sp³-hybridized carbons (Fsp3) is 0.240. The van der Waals surface area contributed by atoms with Gasteiger partial charge in [0.15, 0.2) is 5.13 Å². The van der Waals surface area contributed by atoms with Crippen molar-refractivity contribution in [2.75, 3.05) is 4.90 Å². The van der Waals surface area contributed by atoms with Gasteiger partial charge in [-0.15, -0.1) is 0 Å². The molecule has 0 N–H and O–H groups in total. The van der Waals surface area contributed by atoms with E-state index in [1.807, 2.05) is 37.3 Å². The Kier molecular flexibility index (Phi) is 5.47. The smallest absolute Gasteiger partial charge is 0.260 e. The maximum Gasteiger partial charge on any atom is 0.260 e. The van der Waals surface area contributed by atoms with Gasteiger partial charge in [-0.25, -0.2) is 4.98 Å². The van der Waals surface area contributed by atoms with Gasteiger partial charge in [-0.1, -0.05) is 29.0 Å². The molecule has 0 aliphatic heterocycles. The van der Waals surface area contributed by atoms with Crippen LogP contribution in [-0.4, -0.2) is 15.9 Å². The van der Waals surface area contributed by atoms with Crippen molar-refractivity contribution < 1.29 is 4.79 Å². The van der Waals surface area contributed by atoms with Crippen LogP contribution in [0.1, 0.15) is 45.5 Å². The van der Waals surface area contributed by atoms with E-state index in [0.717, 1.165) is 34.2 Å². The fourth-order valence-electron chi connectivity index (χ4n) is 4.18. The van der Waals surface area contributed by atoms with Crippen LogP contribution < -0.4 is 4.90 Å². The highest BCUT2D eigenvalue weighted by Crippen LogP contribution is 2.34. The van der Waals surface area contributed by atoms with Gasteiger partial charge in [-0.2, -0.15) is 0 Å². The molecular formula is C25H22ClN3OS. The quantitative estimate of drug-likeness (QED) is 0.364. The van der Waals surface area contributed by atoms with Gasteiger partial charge < -0.3 is 0 Å². The summed E-state index contributed by atoms with van der Waals surface area (Å²) in [5.74, 6) is -0.0343. The van der Waals surface area contributed by atoms with E-state index in [4.69, 9.17) is 16.6 Å². The van der Waals surface area contributed by atoms with Crippen LogP contribution in [-0.2, 0) is 19.4 Å². The van der Waals surface area contributed by atoms with Crippen molar-refractivity contribution in [3.8, 4) is 0 Å². The molecule has 0 saturated heterocycles. The predicted octanol–water partition coefficient (Wildman–Crippen LogP) is 6.38. The fourth-order valence-corrected chi connectivity index (χ4v) is 5.60. The molecule has 4 nitrogen and oxygen atoms in total. The van der Waals surface area contributed by atoms with E-state index in [2.05, 4.69) is 17.1 Å². The highest BCUT2D eigenvalue weighted by atomic mass is 35.5. The SMILES string of the molecule is Cc1cc(Cl)cc2sc(N(Cc3ccncc3)C(=O)c3ccc4c(c3)CCCC4)nc12. The van der Waals surface area contributed by atoms with Gasteiger partial charge in [-0.05, 0) is 91.3 Å². The zero-order valence-corrected chi connectivity index (χ0v) is 18.8. The predicted molar refractivity (Wildman–Crippen MR) is 127 cm³/mol. The van der Waals surface area contributed by atoms with Crippen LogP contribution in [0.15, 0.2) is 54.9 Å². The molecule has 6 heteroatoms. The van der Waals surface area contributed by atoms with Crippen LogP contribution in [0.25, 0.3) is 10.2 Å². The largest absolute Gasteiger partial charge is 0.279 e. The van der Waals surface area contributed by atoms with Crippen molar-refractivity contribution in [3.63, 3.8) is 0 Å². The summed E-state index contributed by atoms with van der Waals surface area (Å²) in [7, 11) is 0. The standard InChI is InChI=1S/C25H22ClN3OS/c1-16-12-21(26)14-22-23(16)28-25(31-22)29(15-17-8-10-27-11-9-17)24(30)20-7-6-18-4-2-3-5-19(18)13-20/h6-14H,2-5,15H2,1H3. The Labute approximate surface area is 190 Å². The first kappa shape index (κ1) is 20.2. The topological polar surface area (TPSA) is 46.1 Å². The molecule has 2 aromatic carbocycles. The summed E-state index contributed by atoms with van der Waals surface area (Å²) in [6.07, 6.45) is 8.05. The summed E-state index contributed by atoms with van der Waals surface area (Å²) in [4.78, 5) is 24.4. The highest BCUT2D eigenvalue weighted by Gasteiger charge is 2.23. The lowest BCUT2D eigenvalue weighted by Gasteiger charge is -2.22. The summed E-state index contributed by atoms with van der Waals surface area (Å²) in [6, 6.07) is 13.8. The molecule has 0 unspecified atom stereocenters. The van der Waals surface area contributed by atoms with Crippen molar-refractivity contribution in [2.24, 2.45) is 0 Å². The number of anilines is 1. The average Bonchev–Trinajstić information content (AvgIpc) is 3.21. The minimum Gasteiger partial charge on any atom is -0.279 e. The molecule has 0 atom stereocenters. The van der Waals surface area contributed by atoms with Crippen molar-refractivity contribution in [3.05, 3.63) is 87.7 Å². The lowest BCUT2D eigenvalue weighted by Crippen LogP contribution is -2.30. The molecular weight excluding hydrogens is 426 g/mol. The summed E-state index contributed by atoms with van der Waals surface area (Å²) >= 11 is 7.76. The first-order valence-electron chi connectivity index (χ1n) is 10.5. The number of fused-ring (bicyclic) bond motifs is 2. The van der Waals surface area contributed by atoms with Gasteiger partial charge in [-0.3, -0.25) is 14.7 Å². The Morgan fingerprint density at radius 3 is 2.65 bits per heavy atom. The Balaban J connectivity index is 1.57. The number of hydrogen-bond donors (Lipinski definition) is 0. The minimum absolute atomic E-state index is 0.0343. The van der Waals surface area contributed by atoms with Crippen molar-refractivity contribution >= 4 is 44.2 Å². The lowest BCUT2D eigenvalue weighted by atomic mass is 9.90. The molecule has 1 aliphatic rings. The van der Waals surface area contributed by atoms with Crippen LogP contribution in [0.2, 0.25) is 5.02 Å². The number of nitrogens with zero attached hydrogens (tertiary/aromatic N) is 3. The van der Waals surface area contributed by atoms with Crippen LogP contribution >= 0.6 is 22.9 Å². The molecule has 0 radical (unpaired) electrons. The van der Waals surface area contributed by atoms with Gasteiger partial charge in [0, 0.05) is 23.0 Å². The zero-order chi connectivity index (χ0) is 21.4. The van der Waals surface area contributed by atoms with E-state index in [0.29, 0.717) is 22.3 Å². The number of pyridine rings is 1. The number of benzene rings is 2. The van der Waals surface area contributed by atoms with Gasteiger partial charge in [0.1, 0.15) is 0 Å². The first-order chi connectivity index (χ1) is 15.1. The number of aromatic nitrogens is 2. The van der Waals surface area contributed by atoms with Crippen LogP contribution in [0.4, 0.5) is 5.13 Å². The van der Waals surface area contributed by atoms with Crippen LogP contribution in [0, 0.1) is 6.92 Å². The number of amides is 1. The summed E-state index contributed by atoms with van der Waals surface area (Å²) in [5, 5.41) is 1.36. The number of hydrogen-bond acceptors (Lipinski definition) is 4. The first-order valence-corrected chi connectivity index (χ1v) is 11.7. The highest BCUT2D eigenvalue weighted by molar-refractivity contribution is 7.22. The number of carbonyl (C=O) groups is 1.